The van der Waals surface area contributed by atoms with Crippen LogP contribution in [0.15, 0.2) is 119 Å². The maximum atomic E-state index is 14.2. The van der Waals surface area contributed by atoms with Crippen LogP contribution in [-0.4, -0.2) is 54.6 Å². The third-order valence-corrected chi connectivity index (χ3v) is 10.7. The second-order valence-corrected chi connectivity index (χ2v) is 16.5. The number of aliphatic hydroxyl groups is 2. The second kappa shape index (κ2) is 17.7. The molecule has 0 saturated heterocycles. The van der Waals surface area contributed by atoms with Crippen LogP contribution in [0.2, 0.25) is 0 Å². The Bertz CT molecular complexity index is 2710. The van der Waals surface area contributed by atoms with Crippen molar-refractivity contribution in [1.29, 1.82) is 0 Å². The molecule has 0 bridgehead atoms. The van der Waals surface area contributed by atoms with E-state index in [9.17, 15) is 68.8 Å². The number of alkyl halides is 8. The number of phenolic OH excluding ortho intramolecular Hbond substituents is 1. The van der Waals surface area contributed by atoms with Gasteiger partial charge in [-0.15, -0.1) is 0 Å². The molecular weight excluding hydrogens is 854 g/mol. The van der Waals surface area contributed by atoms with Crippen LogP contribution in [0.4, 0.5) is 43.9 Å². The van der Waals surface area contributed by atoms with E-state index in [1.54, 1.807) is 18.2 Å². The van der Waals surface area contributed by atoms with Gasteiger partial charge >= 0.3 is 19.0 Å². The third-order valence-electron chi connectivity index (χ3n) is 10.7. The van der Waals surface area contributed by atoms with E-state index < -0.39 is 89.7 Å². The Hall–Kier alpha value is -5.88. The molecular formula is C45H42F10N2O6. The lowest BCUT2D eigenvalue weighted by Crippen LogP contribution is -2.52. The monoisotopic (exact) mass is 896 g/mol. The van der Waals surface area contributed by atoms with Gasteiger partial charge in [0, 0.05) is 46.4 Å². The van der Waals surface area contributed by atoms with E-state index in [-0.39, 0.29) is 44.1 Å². The number of benzene rings is 4. The number of hydrogen-bond acceptors (Lipinski definition) is 6. The fraction of sp³-hybridized carbons (Fsp3) is 0.333. The number of pyridine rings is 2. The van der Waals surface area contributed by atoms with Crippen LogP contribution < -0.4 is 15.6 Å². The topological polar surface area (TPSA) is 114 Å². The predicted molar refractivity (Wildman–Crippen MR) is 215 cm³/mol. The van der Waals surface area contributed by atoms with Crippen molar-refractivity contribution in [1.82, 2.24) is 9.13 Å². The summed E-state index contributed by atoms with van der Waals surface area (Å²) in [7, 11) is 0. The number of fused-ring (bicyclic) bond motifs is 2. The van der Waals surface area contributed by atoms with Crippen LogP contribution in [0.5, 0.6) is 11.5 Å². The van der Waals surface area contributed by atoms with Gasteiger partial charge in [-0.3, -0.25) is 9.59 Å². The summed E-state index contributed by atoms with van der Waals surface area (Å²) < 4.78 is 144. The number of hydrogen-bond donors (Lipinski definition) is 3. The molecule has 0 amide bonds. The Morgan fingerprint density at radius 3 is 1.41 bits per heavy atom. The van der Waals surface area contributed by atoms with E-state index in [1.807, 2.05) is 0 Å². The highest BCUT2D eigenvalue weighted by molar-refractivity contribution is 5.79. The average Bonchev–Trinajstić information content (AvgIpc) is 3.17. The van der Waals surface area contributed by atoms with Crippen molar-refractivity contribution < 1.29 is 64.0 Å². The molecule has 2 unspecified atom stereocenters. The molecule has 6 aromatic rings. The Kier molecular flexibility index (Phi) is 13.5. The van der Waals surface area contributed by atoms with Crippen LogP contribution in [0.1, 0.15) is 51.7 Å². The van der Waals surface area contributed by atoms with Crippen molar-refractivity contribution >= 4 is 21.8 Å². The molecule has 0 aliphatic rings. The lowest BCUT2D eigenvalue weighted by molar-refractivity contribution is -0.271. The first-order valence-corrected chi connectivity index (χ1v) is 19.1. The van der Waals surface area contributed by atoms with Crippen molar-refractivity contribution in [3.05, 3.63) is 153 Å². The van der Waals surface area contributed by atoms with Gasteiger partial charge in [0.1, 0.15) is 23.1 Å². The molecule has 2 heterocycles. The Balaban J connectivity index is 0.000000239. The van der Waals surface area contributed by atoms with Gasteiger partial charge in [-0.05, 0) is 84.3 Å². The molecule has 2 aromatic heterocycles. The zero-order chi connectivity index (χ0) is 46.9. The molecule has 0 radical (unpaired) electrons. The highest BCUT2D eigenvalue weighted by atomic mass is 19.4. The van der Waals surface area contributed by atoms with Crippen molar-refractivity contribution in [2.24, 2.45) is 0 Å². The number of halogens is 10. The van der Waals surface area contributed by atoms with Crippen molar-refractivity contribution in [3.63, 3.8) is 0 Å². The smallest absolute Gasteiger partial charge is 0.418 e. The number of ether oxygens (including phenoxy) is 1. The van der Waals surface area contributed by atoms with Crippen molar-refractivity contribution in [2.45, 2.75) is 94.6 Å². The van der Waals surface area contributed by atoms with Crippen LogP contribution in [0, 0.1) is 11.6 Å². The largest absolute Gasteiger partial charge is 0.508 e. The third kappa shape index (κ3) is 10.7. The average molecular weight is 897 g/mol. The number of rotatable bonds is 12. The molecule has 0 saturated carbocycles. The molecule has 63 heavy (non-hydrogen) atoms. The summed E-state index contributed by atoms with van der Waals surface area (Å²) in [5, 5.41) is 32.1. The number of para-hydroxylation sites is 2. The fourth-order valence-corrected chi connectivity index (χ4v) is 7.78. The first kappa shape index (κ1) is 48.2. The molecule has 18 heteroatoms. The van der Waals surface area contributed by atoms with Gasteiger partial charge in [-0.2, -0.15) is 35.1 Å². The predicted octanol–water partition coefficient (Wildman–Crippen LogP) is 9.91. The first-order chi connectivity index (χ1) is 29.1. The maximum Gasteiger partial charge on any atom is 0.418 e. The standard InChI is InChI=1S/C23H21F6NO3.C22H21F4NO3/c1-21(2,16-11-14(24)7-8-19(16)33-20(25)26)12-22(32,23(27,28)29)13-30-10-9-18(31)15-5-3-4-6-17(15)30;1-20(2,16-11-14(23)7-8-19(16)29)12-21(30,22(24,25)26)13-27-10-9-18(28)15-5-3-4-6-17(15)27/h3-11,20,32H,12-13H2,1-2H3;3-11,29-30H,12-13H2,1-2H3. The minimum Gasteiger partial charge on any atom is -0.508 e. The summed E-state index contributed by atoms with van der Waals surface area (Å²) in [6, 6.07) is 20.0. The van der Waals surface area contributed by atoms with Gasteiger partial charge in [0.25, 0.3) is 0 Å². The van der Waals surface area contributed by atoms with E-state index in [4.69, 9.17) is 0 Å². The van der Waals surface area contributed by atoms with E-state index in [0.29, 0.717) is 0 Å². The van der Waals surface area contributed by atoms with Crippen LogP contribution in [0.3, 0.4) is 0 Å². The minimum atomic E-state index is -5.15. The van der Waals surface area contributed by atoms with Crippen LogP contribution in [-0.2, 0) is 23.9 Å². The van der Waals surface area contributed by atoms with Gasteiger partial charge in [0.15, 0.2) is 22.1 Å². The molecule has 3 N–H and O–H groups in total. The molecule has 8 nitrogen and oxygen atoms in total. The summed E-state index contributed by atoms with van der Waals surface area (Å²) in [5.74, 6) is -2.42. The molecule has 0 fully saturated rings. The zero-order valence-electron chi connectivity index (χ0n) is 34.0. The molecule has 2 atom stereocenters. The number of nitrogens with zero attached hydrogens (tertiary/aromatic N) is 2. The molecule has 0 spiro atoms. The summed E-state index contributed by atoms with van der Waals surface area (Å²) in [6.45, 7) is 0.168. The molecule has 4 aromatic carbocycles. The highest BCUT2D eigenvalue weighted by Gasteiger charge is 2.57. The Morgan fingerprint density at radius 1 is 0.587 bits per heavy atom. The van der Waals surface area contributed by atoms with E-state index in [1.165, 1.54) is 68.8 Å². The normalized spacial score (nSPS) is 14.6. The summed E-state index contributed by atoms with van der Waals surface area (Å²) in [5.41, 5.74) is -10.3. The summed E-state index contributed by atoms with van der Waals surface area (Å²) >= 11 is 0. The SMILES string of the molecule is CC(C)(CC(O)(Cn1ccc(=O)c2ccccc21)C(F)(F)F)c1cc(F)ccc1O.CC(C)(CC(O)(Cn1ccc(=O)c2ccccc21)C(F)(F)F)c1cc(F)ccc1OC(F)F. The molecule has 338 valence electrons. The molecule has 6 rings (SSSR count). The maximum absolute atomic E-state index is 14.2. The number of aromatic hydroxyl groups is 1. The summed E-state index contributed by atoms with van der Waals surface area (Å²) in [4.78, 5) is 24.1. The lowest BCUT2D eigenvalue weighted by atomic mass is 9.74. The van der Waals surface area contributed by atoms with E-state index in [2.05, 4.69) is 4.74 Å². The van der Waals surface area contributed by atoms with Crippen molar-refractivity contribution in [2.75, 3.05) is 0 Å². The lowest BCUT2D eigenvalue weighted by Gasteiger charge is -2.39. The van der Waals surface area contributed by atoms with Gasteiger partial charge in [0.05, 0.1) is 24.1 Å². The zero-order valence-corrected chi connectivity index (χ0v) is 34.0. The molecule has 0 aliphatic carbocycles. The quantitative estimate of drug-likeness (QED) is 0.106. The van der Waals surface area contributed by atoms with E-state index >= 15 is 0 Å². The van der Waals surface area contributed by atoms with Gasteiger partial charge in [-0.1, -0.05) is 52.0 Å². The van der Waals surface area contributed by atoms with Crippen LogP contribution >= 0.6 is 0 Å². The highest BCUT2D eigenvalue weighted by Crippen LogP contribution is 2.46. The van der Waals surface area contributed by atoms with Gasteiger partial charge < -0.3 is 29.2 Å². The van der Waals surface area contributed by atoms with E-state index in [0.717, 1.165) is 59.3 Å². The van der Waals surface area contributed by atoms with Crippen LogP contribution in [0.25, 0.3) is 21.8 Å². The Morgan fingerprint density at radius 2 is 0.984 bits per heavy atom. The minimum absolute atomic E-state index is 0.0464. The Labute approximate surface area is 353 Å². The van der Waals surface area contributed by atoms with Crippen molar-refractivity contribution in [3.8, 4) is 11.5 Å². The van der Waals surface area contributed by atoms with Gasteiger partial charge in [0.2, 0.25) is 0 Å². The second-order valence-electron chi connectivity index (χ2n) is 16.5. The fourth-order valence-electron chi connectivity index (χ4n) is 7.78. The first-order valence-electron chi connectivity index (χ1n) is 19.1. The summed E-state index contributed by atoms with van der Waals surface area (Å²) in [6.07, 6.45) is -9.69. The van der Waals surface area contributed by atoms with Gasteiger partial charge in [-0.25, -0.2) is 8.78 Å². The molecule has 0 aliphatic heterocycles. The number of aromatic nitrogens is 2. The number of phenols is 1.